The summed E-state index contributed by atoms with van der Waals surface area (Å²) >= 11 is 1.72. The quantitative estimate of drug-likeness (QED) is 0.417. The summed E-state index contributed by atoms with van der Waals surface area (Å²) < 4.78 is 10.1. The SMILES string of the molecule is COC(=O)/C=C/c1ccc(C2(C)c3ccc(OC)cc3CCN2c2ccsc2)cc1. The van der Waals surface area contributed by atoms with E-state index in [9.17, 15) is 4.79 Å². The fraction of sp³-hybridized carbons (Fsp3) is 0.240. The number of nitrogens with zero attached hydrogens (tertiary/aromatic N) is 1. The van der Waals surface area contributed by atoms with Crippen LogP contribution >= 0.6 is 11.3 Å². The standard InChI is InChI=1S/C25H25NO3S/c1-25(20-7-4-18(5-8-20)6-11-24(27)29-3)23-10-9-22(28-2)16-19(23)12-14-26(25)21-13-15-30-17-21/h4-11,13,15-17H,12,14H2,1-3H3/b11-6+. The zero-order valence-electron chi connectivity index (χ0n) is 17.4. The molecular formula is C25H25NO3S. The van der Waals surface area contributed by atoms with Crippen molar-refractivity contribution in [3.8, 4) is 5.75 Å². The molecule has 1 atom stereocenters. The normalized spacial score (nSPS) is 18.3. The van der Waals surface area contributed by atoms with E-state index in [1.165, 1.54) is 35.6 Å². The van der Waals surface area contributed by atoms with Gasteiger partial charge in [0.2, 0.25) is 0 Å². The lowest BCUT2D eigenvalue weighted by Crippen LogP contribution is -2.49. The molecule has 0 saturated carbocycles. The highest BCUT2D eigenvalue weighted by atomic mass is 32.1. The van der Waals surface area contributed by atoms with E-state index in [0.29, 0.717) is 0 Å². The second-order valence-electron chi connectivity index (χ2n) is 7.46. The van der Waals surface area contributed by atoms with E-state index in [4.69, 9.17) is 4.74 Å². The monoisotopic (exact) mass is 419 g/mol. The molecule has 1 aliphatic heterocycles. The Morgan fingerprint density at radius 2 is 1.93 bits per heavy atom. The van der Waals surface area contributed by atoms with Gasteiger partial charge in [0.05, 0.1) is 19.8 Å². The Morgan fingerprint density at radius 3 is 2.60 bits per heavy atom. The molecule has 4 rings (SSSR count). The first-order chi connectivity index (χ1) is 14.6. The van der Waals surface area contributed by atoms with E-state index in [1.54, 1.807) is 24.5 Å². The van der Waals surface area contributed by atoms with Gasteiger partial charge in [-0.25, -0.2) is 4.79 Å². The van der Waals surface area contributed by atoms with Crippen molar-refractivity contribution < 1.29 is 14.3 Å². The number of carbonyl (C=O) groups is 1. The van der Waals surface area contributed by atoms with Crippen LogP contribution in [0.1, 0.15) is 29.2 Å². The van der Waals surface area contributed by atoms with Gasteiger partial charge in [-0.3, -0.25) is 0 Å². The predicted molar refractivity (Wildman–Crippen MR) is 122 cm³/mol. The van der Waals surface area contributed by atoms with Gasteiger partial charge in [0.1, 0.15) is 5.75 Å². The minimum absolute atomic E-state index is 0.314. The van der Waals surface area contributed by atoms with Crippen molar-refractivity contribution in [2.45, 2.75) is 18.9 Å². The van der Waals surface area contributed by atoms with E-state index < -0.39 is 0 Å². The summed E-state index contributed by atoms with van der Waals surface area (Å²) in [6, 6.07) is 17.0. The molecule has 1 aliphatic rings. The highest BCUT2D eigenvalue weighted by molar-refractivity contribution is 7.08. The maximum Gasteiger partial charge on any atom is 0.330 e. The van der Waals surface area contributed by atoms with Crippen LogP contribution in [-0.2, 0) is 21.5 Å². The lowest BCUT2D eigenvalue weighted by molar-refractivity contribution is -0.134. The predicted octanol–water partition coefficient (Wildman–Crippen LogP) is 5.27. The van der Waals surface area contributed by atoms with Crippen molar-refractivity contribution in [1.29, 1.82) is 0 Å². The van der Waals surface area contributed by atoms with Crippen LogP contribution in [-0.4, -0.2) is 26.7 Å². The highest BCUT2D eigenvalue weighted by Crippen LogP contribution is 2.44. The van der Waals surface area contributed by atoms with E-state index in [1.807, 2.05) is 18.2 Å². The minimum Gasteiger partial charge on any atom is -0.497 e. The lowest BCUT2D eigenvalue weighted by Gasteiger charge is -2.48. The molecule has 1 aromatic heterocycles. The first-order valence-corrected chi connectivity index (χ1v) is 10.8. The number of esters is 1. The van der Waals surface area contributed by atoms with Gasteiger partial charge in [-0.15, -0.1) is 0 Å². The smallest absolute Gasteiger partial charge is 0.330 e. The van der Waals surface area contributed by atoms with Crippen LogP contribution in [0.25, 0.3) is 6.08 Å². The molecule has 0 N–H and O–H groups in total. The Balaban J connectivity index is 1.79. The van der Waals surface area contributed by atoms with Gasteiger partial charge in [0.15, 0.2) is 0 Å². The van der Waals surface area contributed by atoms with Gasteiger partial charge in [-0.05, 0) is 65.3 Å². The molecule has 4 nitrogen and oxygen atoms in total. The first-order valence-electron chi connectivity index (χ1n) is 9.90. The third-order valence-corrected chi connectivity index (χ3v) is 6.56. The number of methoxy groups -OCH3 is 2. The zero-order chi connectivity index (χ0) is 21.1. The van der Waals surface area contributed by atoms with Gasteiger partial charge in [0.25, 0.3) is 0 Å². The number of rotatable bonds is 5. The molecule has 3 aromatic rings. The Labute approximate surface area is 181 Å². The Kier molecular flexibility index (Phi) is 5.64. The van der Waals surface area contributed by atoms with Crippen molar-refractivity contribution in [2.75, 3.05) is 25.7 Å². The molecule has 2 heterocycles. The average molecular weight is 420 g/mol. The molecule has 1 unspecified atom stereocenters. The third kappa shape index (κ3) is 3.61. The molecule has 0 amide bonds. The fourth-order valence-electron chi connectivity index (χ4n) is 4.24. The molecule has 30 heavy (non-hydrogen) atoms. The molecule has 5 heteroatoms. The van der Waals surface area contributed by atoms with Gasteiger partial charge in [-0.1, -0.05) is 30.3 Å². The van der Waals surface area contributed by atoms with Crippen LogP contribution in [0.4, 0.5) is 5.69 Å². The minimum atomic E-state index is -0.357. The molecule has 0 fully saturated rings. The number of fused-ring (bicyclic) bond motifs is 1. The largest absolute Gasteiger partial charge is 0.497 e. The summed E-state index contributed by atoms with van der Waals surface area (Å²) in [6.07, 6.45) is 4.18. The van der Waals surface area contributed by atoms with Crippen molar-refractivity contribution in [3.05, 3.63) is 87.6 Å². The Hall–Kier alpha value is -3.05. The van der Waals surface area contributed by atoms with Crippen molar-refractivity contribution in [3.63, 3.8) is 0 Å². The van der Waals surface area contributed by atoms with Gasteiger partial charge >= 0.3 is 5.97 Å². The highest BCUT2D eigenvalue weighted by Gasteiger charge is 2.40. The number of hydrogen-bond donors (Lipinski definition) is 0. The van der Waals surface area contributed by atoms with E-state index >= 15 is 0 Å². The second-order valence-corrected chi connectivity index (χ2v) is 8.24. The molecule has 0 spiro atoms. The number of carbonyl (C=O) groups excluding carboxylic acids is 1. The molecule has 2 aromatic carbocycles. The molecule has 0 saturated heterocycles. The van der Waals surface area contributed by atoms with Gasteiger partial charge < -0.3 is 14.4 Å². The van der Waals surface area contributed by atoms with Gasteiger partial charge in [0, 0.05) is 23.7 Å². The number of benzene rings is 2. The molecule has 0 bridgehead atoms. The lowest BCUT2D eigenvalue weighted by atomic mass is 9.76. The second kappa shape index (κ2) is 8.36. The summed E-state index contributed by atoms with van der Waals surface area (Å²) in [6.45, 7) is 3.21. The third-order valence-electron chi connectivity index (χ3n) is 5.89. The van der Waals surface area contributed by atoms with Crippen LogP contribution in [0.15, 0.2) is 65.4 Å². The van der Waals surface area contributed by atoms with Crippen LogP contribution in [0.3, 0.4) is 0 Å². The number of ether oxygens (including phenoxy) is 2. The number of thiophene rings is 1. The van der Waals surface area contributed by atoms with Gasteiger partial charge in [-0.2, -0.15) is 11.3 Å². The summed E-state index contributed by atoms with van der Waals surface area (Å²) in [5.41, 5.74) is 5.69. The molecule has 154 valence electrons. The first kappa shape index (κ1) is 20.2. The molecule has 0 aliphatic carbocycles. The van der Waals surface area contributed by atoms with E-state index in [2.05, 4.69) is 57.7 Å². The van der Waals surface area contributed by atoms with E-state index in [-0.39, 0.29) is 11.5 Å². The van der Waals surface area contributed by atoms with Crippen molar-refractivity contribution in [1.82, 2.24) is 0 Å². The number of anilines is 1. The van der Waals surface area contributed by atoms with Crippen molar-refractivity contribution >= 4 is 29.1 Å². The Bertz CT molecular complexity index is 1060. The van der Waals surface area contributed by atoms with Crippen LogP contribution < -0.4 is 9.64 Å². The topological polar surface area (TPSA) is 38.8 Å². The maximum absolute atomic E-state index is 11.4. The fourth-order valence-corrected chi connectivity index (χ4v) is 4.88. The van der Waals surface area contributed by atoms with Crippen LogP contribution in [0.5, 0.6) is 5.75 Å². The Morgan fingerprint density at radius 1 is 1.13 bits per heavy atom. The molecule has 0 radical (unpaired) electrons. The number of hydrogen-bond acceptors (Lipinski definition) is 5. The average Bonchev–Trinajstić information content (AvgIpc) is 3.32. The zero-order valence-corrected chi connectivity index (χ0v) is 18.2. The summed E-state index contributed by atoms with van der Waals surface area (Å²) in [4.78, 5) is 13.9. The van der Waals surface area contributed by atoms with E-state index in [0.717, 1.165) is 24.3 Å². The summed E-state index contributed by atoms with van der Waals surface area (Å²) in [5, 5.41) is 4.33. The van der Waals surface area contributed by atoms with Crippen LogP contribution in [0, 0.1) is 0 Å². The maximum atomic E-state index is 11.4. The van der Waals surface area contributed by atoms with Crippen LogP contribution in [0.2, 0.25) is 0 Å². The summed E-state index contributed by atoms with van der Waals surface area (Å²) in [5.74, 6) is 0.535. The van der Waals surface area contributed by atoms with Crippen molar-refractivity contribution in [2.24, 2.45) is 0 Å². The molecular weight excluding hydrogens is 394 g/mol. The summed E-state index contributed by atoms with van der Waals surface area (Å²) in [7, 11) is 3.09.